The van der Waals surface area contributed by atoms with Crippen LogP contribution in [0, 0.1) is 6.92 Å². The van der Waals surface area contributed by atoms with Crippen LogP contribution in [0.15, 0.2) is 27.4 Å². The van der Waals surface area contributed by atoms with Gasteiger partial charge in [0.15, 0.2) is 0 Å². The van der Waals surface area contributed by atoms with Crippen LogP contribution in [0.5, 0.6) is 0 Å². The van der Waals surface area contributed by atoms with Gasteiger partial charge in [0, 0.05) is 12.0 Å². The highest BCUT2D eigenvalue weighted by atomic mass is 32.2. The molecule has 0 bridgehead atoms. The minimum absolute atomic E-state index is 0.868. The molecule has 0 amide bonds. The number of rotatable bonds is 4. The molecule has 0 aromatic carbocycles. The van der Waals surface area contributed by atoms with E-state index in [0.717, 1.165) is 27.7 Å². The molecule has 0 aliphatic carbocycles. The number of aryl methyl sites for hydroxylation is 1. The fourth-order valence-corrected chi connectivity index (χ4v) is 2.18. The Bertz CT molecular complexity index is 361. The first kappa shape index (κ1) is 11.2. The van der Waals surface area contributed by atoms with Crippen molar-refractivity contribution < 1.29 is 4.42 Å². The van der Waals surface area contributed by atoms with E-state index < -0.39 is 0 Å². The third kappa shape index (κ3) is 2.13. The van der Waals surface area contributed by atoms with Crippen LogP contribution in [0.2, 0.25) is 0 Å². The van der Waals surface area contributed by atoms with Crippen molar-refractivity contribution in [3.05, 3.63) is 35.1 Å². The molecule has 76 valence electrons. The van der Waals surface area contributed by atoms with Crippen molar-refractivity contribution in [3.63, 3.8) is 0 Å². The molecule has 2 heteroatoms. The zero-order valence-corrected chi connectivity index (χ0v) is 9.83. The molecule has 0 saturated heterocycles. The van der Waals surface area contributed by atoms with Crippen molar-refractivity contribution in [1.29, 1.82) is 0 Å². The molecule has 0 radical (unpaired) electrons. The van der Waals surface area contributed by atoms with E-state index in [4.69, 9.17) is 4.42 Å². The lowest BCUT2D eigenvalue weighted by molar-refractivity contribution is 0.502. The predicted molar refractivity (Wildman–Crippen MR) is 63.6 cm³/mol. The number of thioether (sulfide) groups is 1. The molecule has 14 heavy (non-hydrogen) atoms. The van der Waals surface area contributed by atoms with Crippen molar-refractivity contribution in [2.45, 2.75) is 32.1 Å². The van der Waals surface area contributed by atoms with Gasteiger partial charge in [0.2, 0.25) is 0 Å². The van der Waals surface area contributed by atoms with E-state index in [-0.39, 0.29) is 0 Å². The van der Waals surface area contributed by atoms with Crippen LogP contribution >= 0.6 is 11.8 Å². The molecular formula is C12H16OS. The van der Waals surface area contributed by atoms with Gasteiger partial charge in [0.05, 0.1) is 4.90 Å². The molecule has 1 aromatic heterocycles. The fourth-order valence-electron chi connectivity index (χ4n) is 1.34. The van der Waals surface area contributed by atoms with E-state index in [9.17, 15) is 0 Å². The number of allylic oxidation sites excluding steroid dienone is 1. The molecule has 0 fully saturated rings. The Hall–Kier alpha value is -0.890. The molecule has 0 aliphatic rings. The molecular weight excluding hydrogens is 192 g/mol. The first-order valence-electron chi connectivity index (χ1n) is 4.68. The summed E-state index contributed by atoms with van der Waals surface area (Å²) in [4.78, 5) is 2.23. The highest BCUT2D eigenvalue weighted by Crippen LogP contribution is 2.35. The molecule has 1 rings (SSSR count). The molecule has 0 unspecified atom stereocenters. The monoisotopic (exact) mass is 208 g/mol. The second-order valence-corrected chi connectivity index (χ2v) is 4.51. The molecule has 1 nitrogen and oxygen atoms in total. The highest BCUT2D eigenvalue weighted by molar-refractivity contribution is 8.03. The summed E-state index contributed by atoms with van der Waals surface area (Å²) in [5.41, 5.74) is 1.22. The average Bonchev–Trinajstić information content (AvgIpc) is 2.43. The summed E-state index contributed by atoms with van der Waals surface area (Å²) in [6, 6.07) is 0. The minimum atomic E-state index is 0.868. The Morgan fingerprint density at radius 2 is 2.21 bits per heavy atom. The lowest BCUT2D eigenvalue weighted by Crippen LogP contribution is -1.79. The Morgan fingerprint density at radius 3 is 2.64 bits per heavy atom. The Morgan fingerprint density at radius 1 is 1.57 bits per heavy atom. The topological polar surface area (TPSA) is 13.1 Å². The summed E-state index contributed by atoms with van der Waals surface area (Å²) in [7, 11) is 0. The minimum Gasteiger partial charge on any atom is -0.460 e. The molecule has 0 saturated carbocycles. The first-order chi connectivity index (χ1) is 6.60. The van der Waals surface area contributed by atoms with Gasteiger partial charge >= 0.3 is 0 Å². The summed E-state index contributed by atoms with van der Waals surface area (Å²) in [6.45, 7) is 13.8. The second-order valence-electron chi connectivity index (χ2n) is 3.21. The summed E-state index contributed by atoms with van der Waals surface area (Å²) >= 11 is 1.65. The molecule has 0 aliphatic heterocycles. The zero-order valence-electron chi connectivity index (χ0n) is 9.02. The van der Waals surface area contributed by atoms with Crippen LogP contribution in [-0.2, 0) is 6.42 Å². The van der Waals surface area contributed by atoms with Crippen LogP contribution in [0.3, 0.4) is 0 Å². The van der Waals surface area contributed by atoms with Gasteiger partial charge in [-0.3, -0.25) is 0 Å². The summed E-state index contributed by atoms with van der Waals surface area (Å²) in [6.07, 6.45) is 2.68. The third-order valence-corrected chi connectivity index (χ3v) is 3.06. The summed E-state index contributed by atoms with van der Waals surface area (Å²) < 4.78 is 5.66. The molecule has 0 spiro atoms. The molecule has 0 N–H and O–H groups in total. The first-order valence-corrected chi connectivity index (χ1v) is 5.49. The van der Waals surface area contributed by atoms with E-state index in [1.807, 2.05) is 6.92 Å². The highest BCUT2D eigenvalue weighted by Gasteiger charge is 2.14. The van der Waals surface area contributed by atoms with Crippen LogP contribution in [-0.4, -0.2) is 0 Å². The van der Waals surface area contributed by atoms with Gasteiger partial charge in [-0.2, -0.15) is 0 Å². The Balaban J connectivity index is 3.17. The van der Waals surface area contributed by atoms with Gasteiger partial charge in [-0.05, 0) is 24.8 Å². The Kier molecular flexibility index (Phi) is 3.64. The molecule has 1 aromatic rings. The van der Waals surface area contributed by atoms with Crippen LogP contribution < -0.4 is 0 Å². The number of hydrogen-bond acceptors (Lipinski definition) is 2. The van der Waals surface area contributed by atoms with Crippen LogP contribution in [0.1, 0.15) is 30.9 Å². The molecule has 0 atom stereocenters. The zero-order chi connectivity index (χ0) is 10.7. The Labute approximate surface area is 89.9 Å². The largest absolute Gasteiger partial charge is 0.460 e. The van der Waals surface area contributed by atoms with E-state index in [0.29, 0.717) is 0 Å². The average molecular weight is 208 g/mol. The number of furan rings is 1. The van der Waals surface area contributed by atoms with Gasteiger partial charge in [-0.1, -0.05) is 31.8 Å². The van der Waals surface area contributed by atoms with Crippen molar-refractivity contribution in [3.8, 4) is 0 Å². The van der Waals surface area contributed by atoms with Crippen molar-refractivity contribution in [1.82, 2.24) is 0 Å². The van der Waals surface area contributed by atoms with Gasteiger partial charge < -0.3 is 4.42 Å². The van der Waals surface area contributed by atoms with Crippen molar-refractivity contribution in [2.75, 3.05) is 0 Å². The second kappa shape index (κ2) is 4.56. The normalized spacial score (nSPS) is 10.2. The van der Waals surface area contributed by atoms with Crippen molar-refractivity contribution >= 4 is 17.8 Å². The number of hydrogen-bond donors (Lipinski definition) is 0. The maximum atomic E-state index is 5.66. The van der Waals surface area contributed by atoms with Crippen LogP contribution in [0.25, 0.3) is 6.08 Å². The molecule has 1 heterocycles. The predicted octanol–water partition coefficient (Wildman–Crippen LogP) is 4.42. The fraction of sp³-hybridized carbons (Fsp3) is 0.333. The van der Waals surface area contributed by atoms with Crippen molar-refractivity contribution in [2.24, 2.45) is 0 Å². The maximum Gasteiger partial charge on any atom is 0.140 e. The lowest BCUT2D eigenvalue weighted by atomic mass is 10.2. The summed E-state index contributed by atoms with van der Waals surface area (Å²) in [5, 5.41) is 0. The van der Waals surface area contributed by atoms with E-state index in [1.165, 1.54) is 5.56 Å². The quantitative estimate of drug-likeness (QED) is 0.679. The van der Waals surface area contributed by atoms with E-state index in [1.54, 1.807) is 17.8 Å². The van der Waals surface area contributed by atoms with Gasteiger partial charge in [0.25, 0.3) is 0 Å². The van der Waals surface area contributed by atoms with E-state index in [2.05, 4.69) is 27.0 Å². The van der Waals surface area contributed by atoms with Gasteiger partial charge in [-0.15, -0.1) is 0 Å². The van der Waals surface area contributed by atoms with E-state index >= 15 is 0 Å². The lowest BCUT2D eigenvalue weighted by Gasteiger charge is -1.99. The smallest absolute Gasteiger partial charge is 0.140 e. The van der Waals surface area contributed by atoms with Gasteiger partial charge in [0.1, 0.15) is 11.5 Å². The standard InChI is InChI=1S/C12H16OS/c1-6-10-9(5)12(14-8(3)4)11(7-2)13-10/h7H,2-3,6H2,1,4-5H3. The maximum absolute atomic E-state index is 5.66. The van der Waals surface area contributed by atoms with Crippen LogP contribution in [0.4, 0.5) is 0 Å². The SMILES string of the molecule is C=Cc1oc(CC)c(C)c1SC(=C)C. The summed E-state index contributed by atoms with van der Waals surface area (Å²) in [5.74, 6) is 1.91. The van der Waals surface area contributed by atoms with Gasteiger partial charge in [-0.25, -0.2) is 0 Å². The third-order valence-electron chi connectivity index (χ3n) is 2.00.